The number of carbonyl (C=O) groups is 2. The van der Waals surface area contributed by atoms with Crippen molar-refractivity contribution in [2.24, 2.45) is 22.7 Å². The van der Waals surface area contributed by atoms with Crippen LogP contribution in [0.5, 0.6) is 0 Å². The fraction of sp³-hybridized carbons (Fsp3) is 0.714. The molecule has 0 aromatic carbocycles. The van der Waals surface area contributed by atoms with Crippen LogP contribution in [0.25, 0.3) is 0 Å². The molecule has 0 aromatic heterocycles. The Labute approximate surface area is 150 Å². The Hall–Kier alpha value is -1.42. The van der Waals surface area contributed by atoms with Gasteiger partial charge in [-0.15, -0.1) is 0 Å². The molecule has 1 N–H and O–H groups in total. The second kappa shape index (κ2) is 6.08. The third-order valence-electron chi connectivity index (χ3n) is 7.14. The van der Waals surface area contributed by atoms with E-state index in [-0.39, 0.29) is 18.1 Å². The average Bonchev–Trinajstić information content (AvgIpc) is 2.87. The number of rotatable bonds is 3. The summed E-state index contributed by atoms with van der Waals surface area (Å²) >= 11 is 0. The van der Waals surface area contributed by atoms with Gasteiger partial charge in [0.1, 0.15) is 17.8 Å². The summed E-state index contributed by atoms with van der Waals surface area (Å²) < 4.78 is 5.55. The largest absolute Gasteiger partial charge is 0.501 e. The minimum atomic E-state index is -0.722. The van der Waals surface area contributed by atoms with Gasteiger partial charge in [0.15, 0.2) is 0 Å². The van der Waals surface area contributed by atoms with Crippen molar-refractivity contribution in [3.63, 3.8) is 0 Å². The van der Waals surface area contributed by atoms with E-state index in [9.17, 15) is 14.7 Å². The molecule has 4 atom stereocenters. The summed E-state index contributed by atoms with van der Waals surface area (Å²) in [5, 5.41) is 11.0. The number of allylic oxidation sites excluding steroid dienone is 3. The lowest BCUT2D eigenvalue weighted by atomic mass is 9.53. The molecule has 1 fully saturated rings. The van der Waals surface area contributed by atoms with E-state index in [4.69, 9.17) is 4.74 Å². The first-order valence-corrected chi connectivity index (χ1v) is 9.35. The van der Waals surface area contributed by atoms with E-state index in [1.165, 1.54) is 11.1 Å². The monoisotopic (exact) mass is 346 g/mol. The molecule has 0 unspecified atom stereocenters. The van der Waals surface area contributed by atoms with E-state index in [0.29, 0.717) is 30.1 Å². The lowest BCUT2D eigenvalue weighted by Gasteiger charge is -2.50. The molecule has 0 spiro atoms. The Balaban J connectivity index is 2.21. The van der Waals surface area contributed by atoms with Crippen LogP contribution in [0.2, 0.25) is 0 Å². The second-order valence-corrected chi connectivity index (χ2v) is 8.78. The van der Waals surface area contributed by atoms with Crippen molar-refractivity contribution >= 4 is 12.1 Å². The molecule has 0 aliphatic heterocycles. The number of fused-ring (bicyclic) bond motifs is 3. The Morgan fingerprint density at radius 2 is 1.96 bits per heavy atom. The van der Waals surface area contributed by atoms with Gasteiger partial charge in [0.2, 0.25) is 0 Å². The predicted octanol–water partition coefficient (Wildman–Crippen LogP) is 3.59. The Morgan fingerprint density at radius 1 is 1.28 bits per heavy atom. The van der Waals surface area contributed by atoms with E-state index in [1.54, 1.807) is 7.11 Å². The number of methoxy groups -OCH3 is 1. The van der Waals surface area contributed by atoms with Crippen LogP contribution in [-0.4, -0.2) is 30.4 Å². The van der Waals surface area contributed by atoms with Gasteiger partial charge in [0, 0.05) is 35.7 Å². The molecule has 25 heavy (non-hydrogen) atoms. The Morgan fingerprint density at radius 3 is 2.52 bits per heavy atom. The molecular weight excluding hydrogens is 316 g/mol. The summed E-state index contributed by atoms with van der Waals surface area (Å²) in [5.41, 5.74) is 2.15. The number of aldehydes is 1. The van der Waals surface area contributed by atoms with Crippen LogP contribution in [0.3, 0.4) is 0 Å². The summed E-state index contributed by atoms with van der Waals surface area (Å²) in [6.45, 7) is 8.46. The quantitative estimate of drug-likeness (QED) is 0.626. The van der Waals surface area contributed by atoms with Crippen LogP contribution < -0.4 is 0 Å². The van der Waals surface area contributed by atoms with Gasteiger partial charge >= 0.3 is 0 Å². The molecule has 3 aliphatic rings. The first-order valence-electron chi connectivity index (χ1n) is 9.35. The Kier molecular flexibility index (Phi) is 4.47. The van der Waals surface area contributed by atoms with Gasteiger partial charge in [-0.1, -0.05) is 31.9 Å². The van der Waals surface area contributed by atoms with Crippen LogP contribution >= 0.6 is 0 Å². The molecule has 0 aromatic rings. The molecular formula is C21H30O4. The van der Waals surface area contributed by atoms with Crippen molar-refractivity contribution < 1.29 is 19.4 Å². The van der Waals surface area contributed by atoms with E-state index in [1.807, 2.05) is 6.92 Å². The number of Topliss-reactive ketones (excluding diaryl/α,β-unsaturated/α-hetero) is 1. The summed E-state index contributed by atoms with van der Waals surface area (Å²) in [5.74, 6) is 1.33. The minimum absolute atomic E-state index is 0.0394. The third-order valence-corrected chi connectivity index (χ3v) is 7.14. The van der Waals surface area contributed by atoms with E-state index >= 15 is 0 Å². The SMILES string of the molecule is COC1=C(C=O)C[C@H](O)[C@]2(C)CC(=O)[C@@]3(C)CCC(C(C)C)=C3[C@H]2C1. The van der Waals surface area contributed by atoms with E-state index in [0.717, 1.165) is 19.1 Å². The maximum absolute atomic E-state index is 13.1. The van der Waals surface area contributed by atoms with Crippen LogP contribution in [0.4, 0.5) is 0 Å². The summed E-state index contributed by atoms with van der Waals surface area (Å²) in [6.07, 6.45) is 3.11. The van der Waals surface area contributed by atoms with E-state index < -0.39 is 16.9 Å². The van der Waals surface area contributed by atoms with Crippen LogP contribution in [0.1, 0.15) is 59.8 Å². The molecule has 138 valence electrons. The number of hydrogen-bond acceptors (Lipinski definition) is 4. The van der Waals surface area contributed by atoms with Gasteiger partial charge < -0.3 is 9.84 Å². The van der Waals surface area contributed by atoms with E-state index in [2.05, 4.69) is 20.8 Å². The lowest BCUT2D eigenvalue weighted by molar-refractivity contribution is -0.137. The molecule has 3 rings (SSSR count). The van der Waals surface area contributed by atoms with Crippen LogP contribution in [0.15, 0.2) is 22.5 Å². The minimum Gasteiger partial charge on any atom is -0.501 e. The summed E-state index contributed by atoms with van der Waals surface area (Å²) in [4.78, 5) is 24.7. The number of aliphatic hydroxyl groups excluding tert-OH is 1. The predicted molar refractivity (Wildman–Crippen MR) is 95.8 cm³/mol. The molecule has 0 saturated heterocycles. The van der Waals surface area contributed by atoms with Gasteiger partial charge in [-0.05, 0) is 31.6 Å². The summed E-state index contributed by atoms with van der Waals surface area (Å²) in [7, 11) is 1.59. The standard InChI is InChI=1S/C21H30O4/c1-12(2)14-6-7-20(3)18(24)10-21(4)15(19(14)20)9-16(25-5)13(11-22)8-17(21)23/h11-12,15,17,23H,6-10H2,1-5H3/t15-,17+,20-,21-/m1/s1. The maximum Gasteiger partial charge on any atom is 0.149 e. The van der Waals surface area contributed by atoms with Gasteiger partial charge in [-0.3, -0.25) is 9.59 Å². The Bertz CT molecular complexity index is 671. The smallest absolute Gasteiger partial charge is 0.149 e. The van der Waals surface area contributed by atoms with Crippen molar-refractivity contribution in [1.29, 1.82) is 0 Å². The van der Waals surface area contributed by atoms with Crippen molar-refractivity contribution in [2.45, 2.75) is 65.9 Å². The van der Waals surface area contributed by atoms with Gasteiger partial charge in [-0.25, -0.2) is 0 Å². The number of ketones is 1. The highest BCUT2D eigenvalue weighted by molar-refractivity contribution is 5.91. The molecule has 4 nitrogen and oxygen atoms in total. The number of aliphatic hydroxyl groups is 1. The van der Waals surface area contributed by atoms with Gasteiger partial charge in [-0.2, -0.15) is 0 Å². The average molecular weight is 346 g/mol. The topological polar surface area (TPSA) is 63.6 Å². The highest BCUT2D eigenvalue weighted by atomic mass is 16.5. The zero-order valence-electron chi connectivity index (χ0n) is 16.0. The molecule has 0 radical (unpaired) electrons. The normalized spacial score (nSPS) is 38.6. The molecule has 3 aliphatic carbocycles. The van der Waals surface area contributed by atoms with Crippen LogP contribution in [0, 0.1) is 22.7 Å². The lowest BCUT2D eigenvalue weighted by Crippen LogP contribution is -2.51. The number of carbonyl (C=O) groups excluding carboxylic acids is 2. The number of ether oxygens (including phenoxy) is 1. The second-order valence-electron chi connectivity index (χ2n) is 8.78. The van der Waals surface area contributed by atoms with Crippen molar-refractivity contribution in [2.75, 3.05) is 7.11 Å². The molecule has 4 heteroatoms. The zero-order chi connectivity index (χ0) is 18.6. The van der Waals surface area contributed by atoms with Crippen molar-refractivity contribution in [3.05, 3.63) is 22.5 Å². The maximum atomic E-state index is 13.1. The molecule has 1 saturated carbocycles. The first kappa shape index (κ1) is 18.4. The van der Waals surface area contributed by atoms with Gasteiger partial charge in [0.05, 0.1) is 13.2 Å². The van der Waals surface area contributed by atoms with Crippen molar-refractivity contribution in [1.82, 2.24) is 0 Å². The van der Waals surface area contributed by atoms with Gasteiger partial charge in [0.25, 0.3) is 0 Å². The fourth-order valence-corrected chi connectivity index (χ4v) is 5.39. The molecule has 0 heterocycles. The summed E-state index contributed by atoms with van der Waals surface area (Å²) in [6, 6.07) is 0. The third kappa shape index (κ3) is 2.52. The zero-order valence-corrected chi connectivity index (χ0v) is 16.0. The highest BCUT2D eigenvalue weighted by Gasteiger charge is 2.59. The highest BCUT2D eigenvalue weighted by Crippen LogP contribution is 2.62. The van der Waals surface area contributed by atoms with Crippen LogP contribution in [-0.2, 0) is 14.3 Å². The number of hydrogen-bond donors (Lipinski definition) is 1. The fourth-order valence-electron chi connectivity index (χ4n) is 5.39. The van der Waals surface area contributed by atoms with Crippen molar-refractivity contribution in [3.8, 4) is 0 Å². The molecule has 0 bridgehead atoms. The first-order chi connectivity index (χ1) is 11.7. The molecule has 0 amide bonds.